The molecule has 0 bridgehead atoms. The van der Waals surface area contributed by atoms with E-state index in [1.54, 1.807) is 56.0 Å². The Morgan fingerprint density at radius 1 is 1.19 bits per heavy atom. The first-order valence-corrected chi connectivity index (χ1v) is 10.5. The summed E-state index contributed by atoms with van der Waals surface area (Å²) in [6.45, 7) is 1.19. The highest BCUT2D eigenvalue weighted by Crippen LogP contribution is 2.28. The molecule has 9 heteroatoms. The van der Waals surface area contributed by atoms with Crippen molar-refractivity contribution in [3.8, 4) is 11.5 Å². The number of rotatable bonds is 10. The summed E-state index contributed by atoms with van der Waals surface area (Å²) in [6.07, 6.45) is 7.64. The molecule has 0 aliphatic heterocycles. The zero-order chi connectivity index (χ0) is 22.1. The third-order valence-electron chi connectivity index (χ3n) is 4.39. The maximum Gasteiger partial charge on any atom is 0.267 e. The molecule has 0 aliphatic rings. The number of imidazole rings is 1. The lowest BCUT2D eigenvalue weighted by molar-refractivity contribution is -0.117. The SMILES string of the molecule is COc1ccc(C=C(NC(=O)c2cccs2)C(=O)NCCCn2ccnc2)cc1OC. The van der Waals surface area contributed by atoms with E-state index in [0.29, 0.717) is 28.5 Å². The second-order valence-corrected chi connectivity index (χ2v) is 7.46. The van der Waals surface area contributed by atoms with Gasteiger partial charge in [0.05, 0.1) is 25.4 Å². The van der Waals surface area contributed by atoms with Crippen LogP contribution < -0.4 is 20.1 Å². The highest BCUT2D eigenvalue weighted by Gasteiger charge is 2.15. The largest absolute Gasteiger partial charge is 0.493 e. The molecule has 0 spiro atoms. The molecule has 0 radical (unpaired) electrons. The van der Waals surface area contributed by atoms with Gasteiger partial charge in [-0.15, -0.1) is 11.3 Å². The minimum absolute atomic E-state index is 0.147. The zero-order valence-corrected chi connectivity index (χ0v) is 18.1. The van der Waals surface area contributed by atoms with Gasteiger partial charge in [0.2, 0.25) is 0 Å². The van der Waals surface area contributed by atoms with Crippen LogP contribution >= 0.6 is 11.3 Å². The molecule has 2 N–H and O–H groups in total. The Morgan fingerprint density at radius 2 is 2.03 bits per heavy atom. The standard InChI is InChI=1S/C22H24N4O4S/c1-29-18-7-6-16(14-19(18)30-2)13-17(25-22(28)20-5-3-12-31-20)21(27)24-8-4-10-26-11-9-23-15-26/h3,5-7,9,11-15H,4,8,10H2,1-2H3,(H,24,27)(H,25,28). The minimum atomic E-state index is -0.370. The summed E-state index contributed by atoms with van der Waals surface area (Å²) in [5.74, 6) is 0.398. The molecule has 3 aromatic rings. The number of hydrogen-bond donors (Lipinski definition) is 2. The smallest absolute Gasteiger partial charge is 0.267 e. The molecular weight excluding hydrogens is 416 g/mol. The number of carbonyl (C=O) groups excluding carboxylic acids is 2. The number of aryl methyl sites for hydroxylation is 1. The summed E-state index contributed by atoms with van der Waals surface area (Å²) < 4.78 is 12.5. The number of methoxy groups -OCH3 is 2. The van der Waals surface area contributed by atoms with Crippen molar-refractivity contribution in [1.29, 1.82) is 0 Å². The first-order valence-electron chi connectivity index (χ1n) is 9.63. The molecular formula is C22H24N4O4S. The quantitative estimate of drug-likeness (QED) is 0.373. The second kappa shape index (κ2) is 11.0. The molecule has 8 nitrogen and oxygen atoms in total. The Morgan fingerprint density at radius 3 is 2.71 bits per heavy atom. The molecule has 1 aromatic carbocycles. The molecule has 2 amide bonds. The molecule has 0 unspecified atom stereocenters. The predicted octanol–water partition coefficient (Wildman–Crippen LogP) is 2.94. The predicted molar refractivity (Wildman–Crippen MR) is 119 cm³/mol. The van der Waals surface area contributed by atoms with Crippen LogP contribution in [0.1, 0.15) is 21.7 Å². The van der Waals surface area contributed by atoms with Crippen LogP contribution in [0.2, 0.25) is 0 Å². The number of thiophene rings is 1. The lowest BCUT2D eigenvalue weighted by Crippen LogP contribution is -2.35. The van der Waals surface area contributed by atoms with Crippen LogP contribution in [0.4, 0.5) is 0 Å². The van der Waals surface area contributed by atoms with Gasteiger partial charge in [-0.25, -0.2) is 4.98 Å². The van der Waals surface area contributed by atoms with Crippen molar-refractivity contribution in [2.45, 2.75) is 13.0 Å². The maximum atomic E-state index is 12.8. The Bertz CT molecular complexity index is 1030. The van der Waals surface area contributed by atoms with Crippen molar-refractivity contribution in [2.24, 2.45) is 0 Å². The first kappa shape index (κ1) is 22.1. The van der Waals surface area contributed by atoms with E-state index in [-0.39, 0.29) is 17.5 Å². The van der Waals surface area contributed by atoms with E-state index in [0.717, 1.165) is 13.0 Å². The topological polar surface area (TPSA) is 94.5 Å². The highest BCUT2D eigenvalue weighted by atomic mass is 32.1. The fraction of sp³-hybridized carbons (Fsp3) is 0.227. The summed E-state index contributed by atoms with van der Waals surface area (Å²) in [5, 5.41) is 7.39. The number of nitrogens with one attached hydrogen (secondary N) is 2. The summed E-state index contributed by atoms with van der Waals surface area (Å²) in [7, 11) is 3.09. The lowest BCUT2D eigenvalue weighted by atomic mass is 10.1. The van der Waals surface area contributed by atoms with Gasteiger partial charge in [-0.2, -0.15) is 0 Å². The van der Waals surface area contributed by atoms with E-state index in [1.165, 1.54) is 18.4 Å². The van der Waals surface area contributed by atoms with Gasteiger partial charge in [0.1, 0.15) is 5.70 Å². The third kappa shape index (κ3) is 6.19. The fourth-order valence-corrected chi connectivity index (χ4v) is 3.46. The molecule has 162 valence electrons. The van der Waals surface area contributed by atoms with E-state index in [4.69, 9.17) is 9.47 Å². The summed E-state index contributed by atoms with van der Waals surface area (Å²) in [4.78, 5) is 29.9. The van der Waals surface area contributed by atoms with Crippen LogP contribution in [0.3, 0.4) is 0 Å². The monoisotopic (exact) mass is 440 g/mol. The number of nitrogens with zero attached hydrogens (tertiary/aromatic N) is 2. The van der Waals surface area contributed by atoms with Crippen molar-refractivity contribution in [3.63, 3.8) is 0 Å². The van der Waals surface area contributed by atoms with E-state index in [2.05, 4.69) is 15.6 Å². The average molecular weight is 441 g/mol. The molecule has 2 aromatic heterocycles. The number of carbonyl (C=O) groups is 2. The number of benzene rings is 1. The average Bonchev–Trinajstić information content (AvgIpc) is 3.50. The summed E-state index contributed by atoms with van der Waals surface area (Å²) in [6, 6.07) is 8.75. The normalized spacial score (nSPS) is 11.1. The molecule has 0 atom stereocenters. The first-order chi connectivity index (χ1) is 15.1. The second-order valence-electron chi connectivity index (χ2n) is 6.51. The van der Waals surface area contributed by atoms with Gasteiger partial charge in [0, 0.05) is 25.5 Å². The van der Waals surface area contributed by atoms with Crippen molar-refractivity contribution in [3.05, 3.63) is 70.6 Å². The van der Waals surface area contributed by atoms with E-state index in [9.17, 15) is 9.59 Å². The summed E-state index contributed by atoms with van der Waals surface area (Å²) in [5.41, 5.74) is 0.834. The van der Waals surface area contributed by atoms with E-state index in [1.807, 2.05) is 16.1 Å². The summed E-state index contributed by atoms with van der Waals surface area (Å²) >= 11 is 1.31. The number of amides is 2. The number of aromatic nitrogens is 2. The number of ether oxygens (including phenoxy) is 2. The van der Waals surface area contributed by atoms with Crippen LogP contribution in [0.25, 0.3) is 6.08 Å². The van der Waals surface area contributed by atoms with Crippen molar-refractivity contribution < 1.29 is 19.1 Å². The van der Waals surface area contributed by atoms with Crippen molar-refractivity contribution >= 4 is 29.2 Å². The van der Waals surface area contributed by atoms with Gasteiger partial charge in [0.15, 0.2) is 11.5 Å². The molecule has 0 saturated heterocycles. The Labute approximate surface area is 184 Å². The van der Waals surface area contributed by atoms with Gasteiger partial charge >= 0.3 is 0 Å². The molecule has 3 rings (SSSR count). The van der Waals surface area contributed by atoms with Crippen LogP contribution in [-0.2, 0) is 11.3 Å². The Hall–Kier alpha value is -3.59. The van der Waals surface area contributed by atoms with Crippen LogP contribution in [0, 0.1) is 0 Å². The molecule has 31 heavy (non-hydrogen) atoms. The van der Waals surface area contributed by atoms with Gasteiger partial charge in [0.25, 0.3) is 11.8 Å². The third-order valence-corrected chi connectivity index (χ3v) is 5.26. The zero-order valence-electron chi connectivity index (χ0n) is 17.3. The van der Waals surface area contributed by atoms with Gasteiger partial charge in [-0.3, -0.25) is 9.59 Å². The molecule has 0 fully saturated rings. The van der Waals surface area contributed by atoms with E-state index < -0.39 is 0 Å². The molecule has 2 heterocycles. The maximum absolute atomic E-state index is 12.8. The van der Waals surface area contributed by atoms with Crippen molar-refractivity contribution in [1.82, 2.24) is 20.2 Å². The molecule has 0 aliphatic carbocycles. The van der Waals surface area contributed by atoms with Crippen LogP contribution in [0.5, 0.6) is 11.5 Å². The Balaban J connectivity index is 1.74. The highest BCUT2D eigenvalue weighted by molar-refractivity contribution is 7.12. The van der Waals surface area contributed by atoms with Crippen LogP contribution in [-0.4, -0.2) is 42.1 Å². The minimum Gasteiger partial charge on any atom is -0.493 e. The number of hydrogen-bond acceptors (Lipinski definition) is 6. The van der Waals surface area contributed by atoms with Crippen LogP contribution in [0.15, 0.2) is 60.1 Å². The lowest BCUT2D eigenvalue weighted by Gasteiger charge is -2.12. The molecule has 0 saturated carbocycles. The van der Waals surface area contributed by atoms with Gasteiger partial charge in [-0.1, -0.05) is 12.1 Å². The van der Waals surface area contributed by atoms with Crippen molar-refractivity contribution in [2.75, 3.05) is 20.8 Å². The Kier molecular flexibility index (Phi) is 7.83. The van der Waals surface area contributed by atoms with Gasteiger partial charge < -0.3 is 24.7 Å². The van der Waals surface area contributed by atoms with Gasteiger partial charge in [-0.05, 0) is 41.6 Å². The van der Waals surface area contributed by atoms with E-state index >= 15 is 0 Å². The fourth-order valence-electron chi connectivity index (χ4n) is 2.84.